The number of thiazole rings is 1. The standard InChI is InChI=1S/C14H17N3OS/c15-10-5-3-4-9(10)8-13(18)17-14-16-11-6-1-2-7-12(11)19-14/h1-2,6-7,9-10H,3-5,8,15H2,(H,16,17,18)/t9-,10+/m0/s1. The first-order chi connectivity index (χ1) is 9.22. The van der Waals surface area contributed by atoms with Gasteiger partial charge in [0, 0.05) is 12.5 Å². The average molecular weight is 275 g/mol. The van der Waals surface area contributed by atoms with Crippen molar-refractivity contribution >= 4 is 32.6 Å². The quantitative estimate of drug-likeness (QED) is 0.905. The van der Waals surface area contributed by atoms with E-state index in [9.17, 15) is 4.79 Å². The molecule has 2 atom stereocenters. The highest BCUT2D eigenvalue weighted by atomic mass is 32.1. The van der Waals surface area contributed by atoms with Crippen LogP contribution >= 0.6 is 11.3 Å². The maximum Gasteiger partial charge on any atom is 0.226 e. The van der Waals surface area contributed by atoms with Crippen LogP contribution in [0.2, 0.25) is 0 Å². The summed E-state index contributed by atoms with van der Waals surface area (Å²) in [6.07, 6.45) is 3.75. The lowest BCUT2D eigenvalue weighted by molar-refractivity contribution is -0.117. The van der Waals surface area contributed by atoms with Gasteiger partial charge in [0.1, 0.15) is 0 Å². The largest absolute Gasteiger partial charge is 0.327 e. The van der Waals surface area contributed by atoms with Gasteiger partial charge in [0.2, 0.25) is 5.91 Å². The average Bonchev–Trinajstić information content (AvgIpc) is 2.95. The van der Waals surface area contributed by atoms with E-state index in [-0.39, 0.29) is 11.9 Å². The van der Waals surface area contributed by atoms with E-state index in [2.05, 4.69) is 10.3 Å². The van der Waals surface area contributed by atoms with Crippen LogP contribution in [-0.2, 0) is 4.79 Å². The minimum atomic E-state index is 0.0291. The summed E-state index contributed by atoms with van der Waals surface area (Å²) in [5.41, 5.74) is 6.92. The Kier molecular flexibility index (Phi) is 3.48. The first-order valence-corrected chi connectivity index (χ1v) is 7.45. The molecule has 19 heavy (non-hydrogen) atoms. The van der Waals surface area contributed by atoms with Gasteiger partial charge in [-0.1, -0.05) is 29.9 Å². The van der Waals surface area contributed by atoms with E-state index in [4.69, 9.17) is 5.73 Å². The molecule has 1 aliphatic carbocycles. The number of rotatable bonds is 3. The molecule has 0 unspecified atom stereocenters. The Morgan fingerprint density at radius 2 is 2.26 bits per heavy atom. The molecule has 0 spiro atoms. The van der Waals surface area contributed by atoms with Gasteiger partial charge in [0.25, 0.3) is 0 Å². The summed E-state index contributed by atoms with van der Waals surface area (Å²) in [5, 5.41) is 3.57. The third kappa shape index (κ3) is 2.77. The molecule has 1 aromatic carbocycles. The summed E-state index contributed by atoms with van der Waals surface area (Å²) in [5.74, 6) is 0.357. The second kappa shape index (κ2) is 5.27. The van der Waals surface area contributed by atoms with Crippen molar-refractivity contribution in [2.24, 2.45) is 11.7 Å². The number of benzene rings is 1. The van der Waals surface area contributed by atoms with Crippen LogP contribution in [0.15, 0.2) is 24.3 Å². The molecule has 1 aliphatic rings. The number of hydrogen-bond acceptors (Lipinski definition) is 4. The normalized spacial score (nSPS) is 22.8. The lowest BCUT2D eigenvalue weighted by Crippen LogP contribution is -2.28. The number of nitrogens with zero attached hydrogens (tertiary/aromatic N) is 1. The van der Waals surface area contributed by atoms with Crippen molar-refractivity contribution in [3.63, 3.8) is 0 Å². The third-order valence-corrected chi connectivity index (χ3v) is 4.66. The van der Waals surface area contributed by atoms with Gasteiger partial charge < -0.3 is 11.1 Å². The van der Waals surface area contributed by atoms with Gasteiger partial charge in [-0.15, -0.1) is 0 Å². The van der Waals surface area contributed by atoms with E-state index in [1.165, 1.54) is 11.3 Å². The summed E-state index contributed by atoms with van der Waals surface area (Å²) in [7, 11) is 0. The van der Waals surface area contributed by atoms with Crippen LogP contribution in [0.25, 0.3) is 10.2 Å². The number of carbonyl (C=O) groups excluding carboxylic acids is 1. The van der Waals surface area contributed by atoms with Crippen LogP contribution < -0.4 is 11.1 Å². The van der Waals surface area contributed by atoms with Crippen LogP contribution in [0.3, 0.4) is 0 Å². The molecule has 3 N–H and O–H groups in total. The molecule has 0 bridgehead atoms. The molecular weight excluding hydrogens is 258 g/mol. The van der Waals surface area contributed by atoms with E-state index in [1.807, 2.05) is 24.3 Å². The minimum Gasteiger partial charge on any atom is -0.327 e. The number of fused-ring (bicyclic) bond motifs is 1. The van der Waals surface area contributed by atoms with Gasteiger partial charge in [-0.05, 0) is 30.9 Å². The zero-order valence-corrected chi connectivity index (χ0v) is 11.5. The summed E-state index contributed by atoms with van der Waals surface area (Å²) in [6, 6.07) is 8.07. The first-order valence-electron chi connectivity index (χ1n) is 6.63. The Bertz CT molecular complexity index is 562. The Morgan fingerprint density at radius 1 is 1.42 bits per heavy atom. The van der Waals surface area contributed by atoms with Gasteiger partial charge in [0.05, 0.1) is 10.2 Å². The molecule has 2 aromatic rings. The van der Waals surface area contributed by atoms with Crippen molar-refractivity contribution in [2.45, 2.75) is 31.7 Å². The van der Waals surface area contributed by atoms with Crippen LogP contribution in [0.5, 0.6) is 0 Å². The number of carbonyl (C=O) groups is 1. The highest BCUT2D eigenvalue weighted by Gasteiger charge is 2.26. The van der Waals surface area contributed by atoms with Gasteiger partial charge in [0.15, 0.2) is 5.13 Å². The summed E-state index contributed by atoms with van der Waals surface area (Å²) >= 11 is 1.51. The summed E-state index contributed by atoms with van der Waals surface area (Å²) in [4.78, 5) is 16.4. The van der Waals surface area contributed by atoms with E-state index in [1.54, 1.807) is 0 Å². The Morgan fingerprint density at radius 3 is 3.00 bits per heavy atom. The van der Waals surface area contributed by atoms with Crippen molar-refractivity contribution < 1.29 is 4.79 Å². The zero-order chi connectivity index (χ0) is 13.2. The molecular formula is C14H17N3OS. The predicted octanol–water partition coefficient (Wildman–Crippen LogP) is 2.75. The van der Waals surface area contributed by atoms with Gasteiger partial charge >= 0.3 is 0 Å². The van der Waals surface area contributed by atoms with Crippen molar-refractivity contribution in [1.29, 1.82) is 0 Å². The van der Waals surface area contributed by atoms with Gasteiger partial charge in [-0.3, -0.25) is 4.79 Å². The van der Waals surface area contributed by atoms with Crippen LogP contribution in [0, 0.1) is 5.92 Å². The zero-order valence-electron chi connectivity index (χ0n) is 10.6. The number of aromatic nitrogens is 1. The molecule has 3 rings (SSSR count). The Hall–Kier alpha value is -1.46. The summed E-state index contributed by atoms with van der Waals surface area (Å²) in [6.45, 7) is 0. The molecule has 1 fully saturated rings. The maximum atomic E-state index is 12.0. The molecule has 0 saturated heterocycles. The van der Waals surface area contributed by atoms with E-state index in [0.29, 0.717) is 17.5 Å². The maximum absolute atomic E-state index is 12.0. The third-order valence-electron chi connectivity index (χ3n) is 3.71. The number of hydrogen-bond donors (Lipinski definition) is 2. The monoisotopic (exact) mass is 275 g/mol. The lowest BCUT2D eigenvalue weighted by atomic mass is 10.00. The van der Waals surface area contributed by atoms with Crippen molar-refractivity contribution in [1.82, 2.24) is 4.98 Å². The molecule has 1 aromatic heterocycles. The summed E-state index contributed by atoms with van der Waals surface area (Å²) < 4.78 is 1.09. The van der Waals surface area contributed by atoms with Gasteiger partial charge in [-0.25, -0.2) is 4.98 Å². The Labute approximate surface area is 116 Å². The minimum absolute atomic E-state index is 0.0291. The number of nitrogens with two attached hydrogens (primary N) is 1. The first kappa shape index (κ1) is 12.6. The van der Waals surface area contributed by atoms with Gasteiger partial charge in [-0.2, -0.15) is 0 Å². The van der Waals surface area contributed by atoms with Crippen LogP contribution in [-0.4, -0.2) is 16.9 Å². The molecule has 1 amide bonds. The van der Waals surface area contributed by atoms with Crippen molar-refractivity contribution in [3.05, 3.63) is 24.3 Å². The number of amides is 1. The molecule has 100 valence electrons. The fourth-order valence-electron chi connectivity index (χ4n) is 2.65. The topological polar surface area (TPSA) is 68.0 Å². The van der Waals surface area contributed by atoms with E-state index < -0.39 is 0 Å². The molecule has 4 nitrogen and oxygen atoms in total. The lowest BCUT2D eigenvalue weighted by Gasteiger charge is -2.13. The molecule has 5 heteroatoms. The molecule has 0 aliphatic heterocycles. The van der Waals surface area contributed by atoms with E-state index >= 15 is 0 Å². The number of nitrogens with one attached hydrogen (secondary N) is 1. The highest BCUT2D eigenvalue weighted by Crippen LogP contribution is 2.28. The smallest absolute Gasteiger partial charge is 0.226 e. The number of anilines is 1. The molecule has 0 radical (unpaired) electrons. The van der Waals surface area contributed by atoms with Crippen LogP contribution in [0.4, 0.5) is 5.13 Å². The SMILES string of the molecule is N[C@@H]1CCC[C@H]1CC(=O)Nc1nc2ccccc2s1. The van der Waals surface area contributed by atoms with E-state index in [0.717, 1.165) is 29.5 Å². The molecule has 1 saturated carbocycles. The van der Waals surface area contributed by atoms with Crippen molar-refractivity contribution in [3.8, 4) is 0 Å². The fraction of sp³-hybridized carbons (Fsp3) is 0.429. The Balaban J connectivity index is 1.65. The predicted molar refractivity (Wildman–Crippen MR) is 78.2 cm³/mol. The molecule has 1 heterocycles. The van der Waals surface area contributed by atoms with Crippen LogP contribution in [0.1, 0.15) is 25.7 Å². The second-order valence-corrected chi connectivity index (χ2v) is 6.12. The fourth-order valence-corrected chi connectivity index (χ4v) is 3.54. The number of para-hydroxylation sites is 1. The van der Waals surface area contributed by atoms with Crippen molar-refractivity contribution in [2.75, 3.05) is 5.32 Å². The highest BCUT2D eigenvalue weighted by molar-refractivity contribution is 7.22. The second-order valence-electron chi connectivity index (χ2n) is 5.09.